The van der Waals surface area contributed by atoms with Crippen LogP contribution in [0.15, 0.2) is 84.9 Å². The SMILES string of the molecule is COc1cc(C(=O)c2cc(C(=O)Cl)c(C)c(OC)c2OCc2ccccc2)ccc1OCc1ccccc1. The molecule has 0 aliphatic carbocycles. The maximum Gasteiger partial charge on any atom is 0.252 e. The Labute approximate surface area is 226 Å². The van der Waals surface area contributed by atoms with Gasteiger partial charge in [0.05, 0.1) is 19.8 Å². The van der Waals surface area contributed by atoms with Crippen molar-refractivity contribution in [1.29, 1.82) is 0 Å². The molecule has 0 aliphatic heterocycles. The van der Waals surface area contributed by atoms with E-state index < -0.39 is 11.0 Å². The van der Waals surface area contributed by atoms with Crippen LogP contribution in [0.1, 0.15) is 43.0 Å². The van der Waals surface area contributed by atoms with Crippen LogP contribution in [0.25, 0.3) is 0 Å². The van der Waals surface area contributed by atoms with Crippen molar-refractivity contribution in [3.05, 3.63) is 118 Å². The van der Waals surface area contributed by atoms with Crippen LogP contribution in [0.5, 0.6) is 23.0 Å². The molecule has 0 bridgehead atoms. The molecule has 6 nitrogen and oxygen atoms in total. The van der Waals surface area contributed by atoms with Crippen LogP contribution in [0.3, 0.4) is 0 Å². The summed E-state index contributed by atoms with van der Waals surface area (Å²) in [6.07, 6.45) is 0. The Balaban J connectivity index is 1.71. The highest BCUT2D eigenvalue weighted by Gasteiger charge is 2.26. The lowest BCUT2D eigenvalue weighted by Crippen LogP contribution is -2.11. The van der Waals surface area contributed by atoms with E-state index in [1.54, 1.807) is 25.1 Å². The molecule has 0 aliphatic rings. The number of rotatable bonds is 11. The summed E-state index contributed by atoms with van der Waals surface area (Å²) in [7, 11) is 2.96. The van der Waals surface area contributed by atoms with Crippen molar-refractivity contribution in [3.63, 3.8) is 0 Å². The van der Waals surface area contributed by atoms with Gasteiger partial charge in [-0.1, -0.05) is 60.7 Å². The number of hydrogen-bond acceptors (Lipinski definition) is 6. The number of benzene rings is 4. The first-order chi connectivity index (χ1) is 18.4. The summed E-state index contributed by atoms with van der Waals surface area (Å²) in [4.78, 5) is 26.0. The number of halogens is 1. The van der Waals surface area contributed by atoms with Gasteiger partial charge >= 0.3 is 0 Å². The van der Waals surface area contributed by atoms with Crippen molar-refractivity contribution in [2.45, 2.75) is 20.1 Å². The summed E-state index contributed by atoms with van der Waals surface area (Å²) in [6, 6.07) is 25.6. The molecule has 0 fully saturated rings. The van der Waals surface area contributed by atoms with Gasteiger partial charge in [-0.3, -0.25) is 9.59 Å². The van der Waals surface area contributed by atoms with Crippen LogP contribution in [0, 0.1) is 6.92 Å². The standard InChI is InChI=1S/C31H27ClO6/c1-20-24(31(32)34)17-25(30(29(20)36-3)38-19-22-12-8-5-9-13-22)28(33)23-14-15-26(27(16-23)35-2)37-18-21-10-6-4-7-11-21/h4-17H,18-19H2,1-3H3. The average Bonchev–Trinajstić information content (AvgIpc) is 2.95. The summed E-state index contributed by atoms with van der Waals surface area (Å²) in [6.45, 7) is 2.24. The first-order valence-corrected chi connectivity index (χ1v) is 12.3. The number of methoxy groups -OCH3 is 2. The van der Waals surface area contributed by atoms with Gasteiger partial charge in [0.2, 0.25) is 0 Å². The van der Waals surface area contributed by atoms with Gasteiger partial charge in [-0.25, -0.2) is 0 Å². The molecule has 0 saturated carbocycles. The molecule has 4 aromatic carbocycles. The molecule has 0 saturated heterocycles. The third-order valence-electron chi connectivity index (χ3n) is 6.03. The topological polar surface area (TPSA) is 71.1 Å². The highest BCUT2D eigenvalue weighted by Crippen LogP contribution is 2.40. The Morgan fingerprint density at radius 3 is 1.84 bits per heavy atom. The van der Waals surface area contributed by atoms with E-state index in [9.17, 15) is 9.59 Å². The number of carbonyl (C=O) groups excluding carboxylic acids is 2. The molecular weight excluding hydrogens is 504 g/mol. The number of ketones is 1. The molecule has 0 radical (unpaired) electrons. The van der Waals surface area contributed by atoms with Crippen molar-refractivity contribution in [2.24, 2.45) is 0 Å². The van der Waals surface area contributed by atoms with Crippen molar-refractivity contribution in [3.8, 4) is 23.0 Å². The highest BCUT2D eigenvalue weighted by atomic mass is 35.5. The fourth-order valence-corrected chi connectivity index (χ4v) is 4.24. The molecule has 0 N–H and O–H groups in total. The fourth-order valence-electron chi connectivity index (χ4n) is 4.04. The number of carbonyl (C=O) groups is 2. The van der Waals surface area contributed by atoms with E-state index in [4.69, 9.17) is 30.5 Å². The summed E-state index contributed by atoms with van der Waals surface area (Å²) in [5.74, 6) is 0.991. The summed E-state index contributed by atoms with van der Waals surface area (Å²) in [5, 5.41) is -0.702. The van der Waals surface area contributed by atoms with Crippen LogP contribution >= 0.6 is 11.6 Å². The van der Waals surface area contributed by atoms with E-state index in [2.05, 4.69) is 0 Å². The maximum atomic E-state index is 13.8. The Bertz CT molecular complexity index is 1430. The fraction of sp³-hybridized carbons (Fsp3) is 0.161. The molecule has 0 unspecified atom stereocenters. The minimum atomic E-state index is -0.702. The lowest BCUT2D eigenvalue weighted by atomic mass is 9.96. The second-order valence-corrected chi connectivity index (χ2v) is 8.82. The van der Waals surface area contributed by atoms with Crippen molar-refractivity contribution < 1.29 is 28.5 Å². The lowest BCUT2D eigenvalue weighted by molar-refractivity contribution is 0.103. The first kappa shape index (κ1) is 26.8. The van der Waals surface area contributed by atoms with Crippen molar-refractivity contribution in [2.75, 3.05) is 14.2 Å². The molecule has 4 rings (SSSR count). The van der Waals surface area contributed by atoms with E-state index in [1.165, 1.54) is 20.3 Å². The zero-order valence-corrected chi connectivity index (χ0v) is 22.1. The quantitative estimate of drug-likeness (QED) is 0.157. The molecule has 194 valence electrons. The predicted molar refractivity (Wildman–Crippen MR) is 146 cm³/mol. The summed E-state index contributed by atoms with van der Waals surface area (Å²) in [5.41, 5.74) is 3.01. The number of ether oxygens (including phenoxy) is 4. The first-order valence-electron chi connectivity index (χ1n) is 11.9. The molecule has 0 amide bonds. The molecule has 0 aromatic heterocycles. The molecule has 0 spiro atoms. The van der Waals surface area contributed by atoms with Gasteiger partial charge in [-0.05, 0) is 53.9 Å². The van der Waals surface area contributed by atoms with Gasteiger partial charge in [0, 0.05) is 16.7 Å². The zero-order valence-electron chi connectivity index (χ0n) is 21.3. The molecule has 38 heavy (non-hydrogen) atoms. The normalized spacial score (nSPS) is 10.5. The zero-order chi connectivity index (χ0) is 27.1. The van der Waals surface area contributed by atoms with E-state index in [-0.39, 0.29) is 29.2 Å². The smallest absolute Gasteiger partial charge is 0.252 e. The second kappa shape index (κ2) is 12.3. The van der Waals surface area contributed by atoms with E-state index in [0.717, 1.165) is 11.1 Å². The van der Waals surface area contributed by atoms with Crippen LogP contribution in [0.2, 0.25) is 0 Å². The molecule has 0 atom stereocenters. The molecule has 4 aromatic rings. The lowest BCUT2D eigenvalue weighted by Gasteiger charge is -2.19. The van der Waals surface area contributed by atoms with Crippen molar-refractivity contribution in [1.82, 2.24) is 0 Å². The Morgan fingerprint density at radius 1 is 0.684 bits per heavy atom. The van der Waals surface area contributed by atoms with Gasteiger partial charge in [-0.15, -0.1) is 0 Å². The number of hydrogen-bond donors (Lipinski definition) is 0. The largest absolute Gasteiger partial charge is 0.493 e. The monoisotopic (exact) mass is 530 g/mol. The molecular formula is C31H27ClO6. The Hall–Kier alpha value is -4.29. The third-order valence-corrected chi connectivity index (χ3v) is 6.24. The third kappa shape index (κ3) is 5.98. The van der Waals surface area contributed by atoms with Crippen LogP contribution < -0.4 is 18.9 Å². The second-order valence-electron chi connectivity index (χ2n) is 8.48. The predicted octanol–water partition coefficient (Wildman–Crippen LogP) is 6.78. The minimum Gasteiger partial charge on any atom is -0.493 e. The van der Waals surface area contributed by atoms with Gasteiger partial charge < -0.3 is 18.9 Å². The van der Waals surface area contributed by atoms with Gasteiger partial charge in [-0.2, -0.15) is 0 Å². The average molecular weight is 531 g/mol. The van der Waals surface area contributed by atoms with Gasteiger partial charge in [0.25, 0.3) is 5.24 Å². The Kier molecular flexibility index (Phi) is 8.66. The van der Waals surface area contributed by atoms with Gasteiger partial charge in [0.1, 0.15) is 13.2 Å². The van der Waals surface area contributed by atoms with Gasteiger partial charge in [0.15, 0.2) is 28.8 Å². The van der Waals surface area contributed by atoms with Crippen LogP contribution in [-0.2, 0) is 13.2 Å². The maximum absolute atomic E-state index is 13.8. The van der Waals surface area contributed by atoms with Crippen LogP contribution in [0.4, 0.5) is 0 Å². The summed E-state index contributed by atoms with van der Waals surface area (Å²) < 4.78 is 23.1. The minimum absolute atomic E-state index is 0.146. The molecule has 7 heteroatoms. The van der Waals surface area contributed by atoms with Crippen molar-refractivity contribution >= 4 is 22.6 Å². The van der Waals surface area contributed by atoms with E-state index in [0.29, 0.717) is 29.2 Å². The Morgan fingerprint density at radius 2 is 1.29 bits per heavy atom. The van der Waals surface area contributed by atoms with E-state index >= 15 is 0 Å². The summed E-state index contributed by atoms with van der Waals surface area (Å²) >= 11 is 5.86. The van der Waals surface area contributed by atoms with Crippen LogP contribution in [-0.4, -0.2) is 25.2 Å². The van der Waals surface area contributed by atoms with E-state index in [1.807, 2.05) is 60.7 Å². The molecule has 0 heterocycles. The highest BCUT2D eigenvalue weighted by molar-refractivity contribution is 6.68.